The third kappa shape index (κ3) is 5.95. The quantitative estimate of drug-likeness (QED) is 0.303. The van der Waals surface area contributed by atoms with Crippen molar-refractivity contribution in [2.75, 3.05) is 25.7 Å². The van der Waals surface area contributed by atoms with Gasteiger partial charge in [-0.2, -0.15) is 0 Å². The lowest BCUT2D eigenvalue weighted by Crippen LogP contribution is -2.41. The highest BCUT2D eigenvalue weighted by Gasteiger charge is 2.32. The van der Waals surface area contributed by atoms with Gasteiger partial charge in [0.2, 0.25) is 5.91 Å². The van der Waals surface area contributed by atoms with Gasteiger partial charge >= 0.3 is 5.97 Å². The second-order valence-corrected chi connectivity index (χ2v) is 11.3. The topological polar surface area (TPSA) is 68.7 Å². The number of aromatic nitrogens is 1. The molecule has 3 aromatic rings. The molecule has 39 heavy (non-hydrogen) atoms. The Hall–Kier alpha value is -3.41. The van der Waals surface area contributed by atoms with E-state index in [1.54, 1.807) is 19.4 Å². The SMILES string of the molecule is COC(=O)c1ccc2c(N(CC3CCC(c4ccc(OC)c(C)c4)CC3)C(=O)C3CCCCC3)nccc2c1. The Morgan fingerprint density at radius 3 is 2.38 bits per heavy atom. The summed E-state index contributed by atoms with van der Waals surface area (Å²) in [7, 11) is 3.11. The van der Waals surface area contributed by atoms with E-state index in [0.717, 1.165) is 67.9 Å². The lowest BCUT2D eigenvalue weighted by molar-refractivity contribution is -0.123. The first-order valence-corrected chi connectivity index (χ1v) is 14.4. The number of rotatable bonds is 7. The Morgan fingerprint density at radius 1 is 0.923 bits per heavy atom. The molecule has 0 radical (unpaired) electrons. The maximum absolute atomic E-state index is 14.0. The summed E-state index contributed by atoms with van der Waals surface area (Å²) in [5.74, 6) is 2.52. The Labute approximate surface area is 231 Å². The van der Waals surface area contributed by atoms with Gasteiger partial charge in [0, 0.05) is 24.0 Å². The van der Waals surface area contributed by atoms with Crippen molar-refractivity contribution in [3.63, 3.8) is 0 Å². The Bertz CT molecular complexity index is 1320. The van der Waals surface area contributed by atoms with Crippen LogP contribution in [0.4, 0.5) is 5.82 Å². The number of hydrogen-bond donors (Lipinski definition) is 0. The van der Waals surface area contributed by atoms with Crippen molar-refractivity contribution in [1.82, 2.24) is 4.98 Å². The second-order valence-electron chi connectivity index (χ2n) is 11.3. The summed E-state index contributed by atoms with van der Waals surface area (Å²) in [6.07, 6.45) is 11.5. The highest BCUT2D eigenvalue weighted by molar-refractivity contribution is 6.04. The number of ether oxygens (including phenoxy) is 2. The van der Waals surface area contributed by atoms with E-state index in [1.165, 1.54) is 24.7 Å². The minimum Gasteiger partial charge on any atom is -0.496 e. The number of carbonyl (C=O) groups is 2. The number of amides is 1. The van der Waals surface area contributed by atoms with Crippen LogP contribution in [0.2, 0.25) is 0 Å². The van der Waals surface area contributed by atoms with Crippen LogP contribution in [0.1, 0.15) is 85.2 Å². The van der Waals surface area contributed by atoms with Crippen LogP contribution in [0.15, 0.2) is 48.7 Å². The minimum absolute atomic E-state index is 0.0590. The van der Waals surface area contributed by atoms with Crippen LogP contribution in [0.3, 0.4) is 0 Å². The number of fused-ring (bicyclic) bond motifs is 1. The van der Waals surface area contributed by atoms with Crippen molar-refractivity contribution in [3.05, 3.63) is 65.4 Å². The fraction of sp³-hybridized carbons (Fsp3) is 0.485. The standard InChI is InChI=1S/C33H40N2O4/c1-22-19-26(14-16-30(22)38-2)24-11-9-23(10-12-24)21-35(32(36)25-7-5-4-6-8-25)31-29-15-13-28(33(37)39-3)20-27(29)17-18-34-31/h13-20,23-25H,4-12,21H2,1-3H3. The van der Waals surface area contributed by atoms with E-state index in [-0.39, 0.29) is 17.8 Å². The average molecular weight is 529 g/mol. The van der Waals surface area contributed by atoms with Crippen molar-refractivity contribution in [2.45, 2.75) is 70.6 Å². The van der Waals surface area contributed by atoms with Crippen molar-refractivity contribution < 1.29 is 19.1 Å². The fourth-order valence-electron chi connectivity index (χ4n) is 6.56. The zero-order valence-corrected chi connectivity index (χ0v) is 23.4. The molecule has 0 bridgehead atoms. The molecule has 0 saturated heterocycles. The zero-order valence-electron chi connectivity index (χ0n) is 23.4. The third-order valence-corrected chi connectivity index (χ3v) is 8.82. The highest BCUT2D eigenvalue weighted by atomic mass is 16.5. The van der Waals surface area contributed by atoms with Crippen LogP contribution in [0, 0.1) is 18.8 Å². The Kier molecular flexibility index (Phi) is 8.49. The molecular weight excluding hydrogens is 488 g/mol. The summed E-state index contributed by atoms with van der Waals surface area (Å²) in [6, 6.07) is 14.0. The van der Waals surface area contributed by atoms with Gasteiger partial charge in [-0.3, -0.25) is 9.69 Å². The monoisotopic (exact) mass is 528 g/mol. The van der Waals surface area contributed by atoms with Crippen LogP contribution >= 0.6 is 0 Å². The summed E-state index contributed by atoms with van der Waals surface area (Å²) >= 11 is 0. The van der Waals surface area contributed by atoms with Crippen molar-refractivity contribution >= 4 is 28.5 Å². The van der Waals surface area contributed by atoms with Crippen LogP contribution in [0.5, 0.6) is 5.75 Å². The molecule has 2 aliphatic carbocycles. The number of methoxy groups -OCH3 is 2. The Morgan fingerprint density at radius 2 is 1.69 bits per heavy atom. The van der Waals surface area contributed by atoms with Crippen LogP contribution in [-0.4, -0.2) is 37.6 Å². The molecule has 5 rings (SSSR count). The number of benzene rings is 2. The van der Waals surface area contributed by atoms with Crippen LogP contribution in [-0.2, 0) is 9.53 Å². The molecule has 1 aromatic heterocycles. The van der Waals surface area contributed by atoms with E-state index in [0.29, 0.717) is 29.8 Å². The normalized spacial score (nSPS) is 20.0. The van der Waals surface area contributed by atoms with E-state index >= 15 is 0 Å². The molecule has 2 fully saturated rings. The second kappa shape index (κ2) is 12.2. The van der Waals surface area contributed by atoms with E-state index in [2.05, 4.69) is 25.1 Å². The molecule has 1 heterocycles. The first-order valence-electron chi connectivity index (χ1n) is 14.4. The summed E-state index contributed by atoms with van der Waals surface area (Å²) in [6.45, 7) is 2.79. The summed E-state index contributed by atoms with van der Waals surface area (Å²) in [5.41, 5.74) is 3.07. The number of esters is 1. The lowest BCUT2D eigenvalue weighted by Gasteiger charge is -2.35. The predicted octanol–water partition coefficient (Wildman–Crippen LogP) is 7.23. The maximum Gasteiger partial charge on any atom is 0.337 e. The van der Waals surface area contributed by atoms with Gasteiger partial charge in [0.25, 0.3) is 0 Å². The average Bonchev–Trinajstić information content (AvgIpc) is 2.99. The van der Waals surface area contributed by atoms with Crippen LogP contribution < -0.4 is 9.64 Å². The van der Waals surface area contributed by atoms with E-state index in [1.807, 2.05) is 23.1 Å². The molecule has 2 aliphatic rings. The summed E-state index contributed by atoms with van der Waals surface area (Å²) in [4.78, 5) is 32.9. The first kappa shape index (κ1) is 27.2. The van der Waals surface area contributed by atoms with Crippen molar-refractivity contribution in [1.29, 1.82) is 0 Å². The molecule has 0 atom stereocenters. The van der Waals surface area contributed by atoms with Gasteiger partial charge in [-0.15, -0.1) is 0 Å². The van der Waals surface area contributed by atoms with Crippen molar-refractivity contribution in [3.8, 4) is 5.75 Å². The summed E-state index contributed by atoms with van der Waals surface area (Å²) in [5, 5.41) is 1.79. The number of anilines is 1. The van der Waals surface area contributed by atoms with E-state index in [4.69, 9.17) is 14.5 Å². The molecule has 0 aliphatic heterocycles. The lowest BCUT2D eigenvalue weighted by atomic mass is 9.78. The largest absolute Gasteiger partial charge is 0.496 e. The number of hydrogen-bond acceptors (Lipinski definition) is 5. The molecular formula is C33H40N2O4. The molecule has 2 aromatic carbocycles. The molecule has 1 amide bonds. The molecule has 2 saturated carbocycles. The van der Waals surface area contributed by atoms with Gasteiger partial charge in [0.1, 0.15) is 11.6 Å². The number of carbonyl (C=O) groups excluding carboxylic acids is 2. The summed E-state index contributed by atoms with van der Waals surface area (Å²) < 4.78 is 10.4. The first-order chi connectivity index (χ1) is 19.0. The predicted molar refractivity (Wildman–Crippen MR) is 154 cm³/mol. The molecule has 0 N–H and O–H groups in total. The third-order valence-electron chi connectivity index (χ3n) is 8.82. The smallest absolute Gasteiger partial charge is 0.337 e. The number of aryl methyl sites for hydroxylation is 1. The fourth-order valence-corrected chi connectivity index (χ4v) is 6.56. The van der Waals surface area contributed by atoms with E-state index < -0.39 is 0 Å². The van der Waals surface area contributed by atoms with Gasteiger partial charge in [0.15, 0.2) is 0 Å². The molecule has 0 unspecified atom stereocenters. The number of nitrogens with zero attached hydrogens (tertiary/aromatic N) is 2. The minimum atomic E-state index is -0.366. The number of pyridine rings is 1. The molecule has 0 spiro atoms. The van der Waals surface area contributed by atoms with Gasteiger partial charge in [-0.05, 0) is 104 Å². The van der Waals surface area contributed by atoms with Crippen molar-refractivity contribution in [2.24, 2.45) is 11.8 Å². The molecule has 6 nitrogen and oxygen atoms in total. The van der Waals surface area contributed by atoms with Crippen LogP contribution in [0.25, 0.3) is 10.8 Å². The van der Waals surface area contributed by atoms with Gasteiger partial charge in [-0.25, -0.2) is 9.78 Å². The highest BCUT2D eigenvalue weighted by Crippen LogP contribution is 2.39. The Balaban J connectivity index is 1.38. The zero-order chi connectivity index (χ0) is 27.4. The van der Waals surface area contributed by atoms with Gasteiger partial charge in [-0.1, -0.05) is 31.4 Å². The van der Waals surface area contributed by atoms with Gasteiger partial charge in [0.05, 0.1) is 19.8 Å². The van der Waals surface area contributed by atoms with Gasteiger partial charge < -0.3 is 9.47 Å². The van der Waals surface area contributed by atoms with E-state index in [9.17, 15) is 9.59 Å². The molecule has 6 heteroatoms. The maximum atomic E-state index is 14.0. The molecule has 206 valence electrons.